The Morgan fingerprint density at radius 3 is 2.28 bits per heavy atom. The van der Waals surface area contributed by atoms with Gasteiger partial charge in [-0.1, -0.05) is 23.7 Å². The van der Waals surface area contributed by atoms with Crippen LogP contribution in [0, 0.1) is 13.8 Å². The van der Waals surface area contributed by atoms with Crippen molar-refractivity contribution in [1.29, 1.82) is 0 Å². The number of nitrogens with one attached hydrogen (secondary N) is 2. The molecule has 2 amide bonds. The highest BCUT2D eigenvalue weighted by Crippen LogP contribution is 2.36. The fourth-order valence-electron chi connectivity index (χ4n) is 2.64. The van der Waals surface area contributed by atoms with Crippen LogP contribution in [-0.2, 0) is 15.8 Å². The van der Waals surface area contributed by atoms with Crippen molar-refractivity contribution in [3.8, 4) is 0 Å². The number of carbonyl (C=O) groups is 2. The van der Waals surface area contributed by atoms with Crippen LogP contribution in [0.3, 0.4) is 0 Å². The molecule has 0 fully saturated rings. The van der Waals surface area contributed by atoms with Crippen molar-refractivity contribution in [2.45, 2.75) is 20.0 Å². The van der Waals surface area contributed by atoms with Gasteiger partial charge in [0.05, 0.1) is 23.7 Å². The van der Waals surface area contributed by atoms with Crippen molar-refractivity contribution in [1.82, 2.24) is 4.90 Å². The summed E-state index contributed by atoms with van der Waals surface area (Å²) in [5, 5.41) is 4.72. The molecule has 0 saturated heterocycles. The van der Waals surface area contributed by atoms with Crippen LogP contribution in [0.4, 0.5) is 24.5 Å². The maximum Gasteiger partial charge on any atom is 0.417 e. The minimum absolute atomic E-state index is 0.0278. The summed E-state index contributed by atoms with van der Waals surface area (Å²) in [6, 6.07) is 8.67. The Hall–Kier alpha value is -2.58. The number of nitrogens with zero attached hydrogens (tertiary/aromatic N) is 1. The van der Waals surface area contributed by atoms with Crippen molar-refractivity contribution in [2.75, 3.05) is 30.8 Å². The number of rotatable bonds is 6. The lowest BCUT2D eigenvalue weighted by molar-refractivity contribution is -0.137. The number of aryl methyl sites for hydroxylation is 1. The normalized spacial score (nSPS) is 11.4. The monoisotopic (exact) mass is 427 g/mol. The van der Waals surface area contributed by atoms with Gasteiger partial charge in [0, 0.05) is 11.4 Å². The summed E-state index contributed by atoms with van der Waals surface area (Å²) in [5.41, 5.74) is 1.62. The second kappa shape index (κ2) is 9.28. The highest BCUT2D eigenvalue weighted by molar-refractivity contribution is 6.31. The SMILES string of the molecule is Cc1cccc(NC(=O)CN(C)CC(=O)Nc2ccc(Cl)c(C(F)(F)F)c2)c1C. The molecule has 0 aliphatic carbocycles. The third-order valence-corrected chi connectivity index (χ3v) is 4.59. The standard InChI is InChI=1S/C20H21ClF3N3O2/c1-12-5-4-6-17(13(12)2)26-19(29)11-27(3)10-18(28)25-14-7-8-16(21)15(9-14)20(22,23)24/h4-9H,10-11H2,1-3H3,(H,25,28)(H,26,29). The molecular weight excluding hydrogens is 407 g/mol. The summed E-state index contributed by atoms with van der Waals surface area (Å²) in [4.78, 5) is 25.8. The lowest BCUT2D eigenvalue weighted by atomic mass is 10.1. The highest BCUT2D eigenvalue weighted by atomic mass is 35.5. The summed E-state index contributed by atoms with van der Waals surface area (Å²) in [6.45, 7) is 3.59. The Bertz CT molecular complexity index is 916. The van der Waals surface area contributed by atoms with Gasteiger partial charge in [-0.3, -0.25) is 14.5 Å². The first-order chi connectivity index (χ1) is 13.5. The molecule has 2 rings (SSSR count). The molecule has 0 saturated carbocycles. The maximum atomic E-state index is 12.9. The number of hydrogen-bond donors (Lipinski definition) is 2. The molecule has 0 radical (unpaired) electrons. The predicted octanol–water partition coefficient (Wildman–Crippen LogP) is 4.48. The molecule has 2 N–H and O–H groups in total. The van der Waals surface area contributed by atoms with Gasteiger partial charge in [-0.2, -0.15) is 13.2 Å². The fraction of sp³-hybridized carbons (Fsp3) is 0.300. The van der Waals surface area contributed by atoms with E-state index in [-0.39, 0.29) is 24.7 Å². The lowest BCUT2D eigenvalue weighted by Gasteiger charge is -2.17. The Balaban J connectivity index is 1.92. The zero-order valence-corrected chi connectivity index (χ0v) is 16.9. The summed E-state index contributed by atoms with van der Waals surface area (Å²) >= 11 is 5.56. The number of likely N-dealkylation sites (N-methyl/N-ethyl adjacent to an activating group) is 1. The van der Waals surface area contributed by atoms with Crippen molar-refractivity contribution >= 4 is 34.8 Å². The van der Waals surface area contributed by atoms with E-state index in [4.69, 9.17) is 11.6 Å². The molecule has 0 aromatic heterocycles. The lowest BCUT2D eigenvalue weighted by Crippen LogP contribution is -2.36. The van der Waals surface area contributed by atoms with E-state index in [0.29, 0.717) is 5.69 Å². The zero-order valence-electron chi connectivity index (χ0n) is 16.2. The number of benzene rings is 2. The second-order valence-electron chi connectivity index (χ2n) is 6.71. The molecule has 0 bridgehead atoms. The van der Waals surface area contributed by atoms with Crippen LogP contribution in [0.5, 0.6) is 0 Å². The van der Waals surface area contributed by atoms with Crippen LogP contribution < -0.4 is 10.6 Å². The zero-order chi connectivity index (χ0) is 21.8. The Morgan fingerprint density at radius 1 is 1.03 bits per heavy atom. The van der Waals surface area contributed by atoms with E-state index in [1.54, 1.807) is 13.1 Å². The number of carbonyl (C=O) groups excluding carboxylic acids is 2. The highest BCUT2D eigenvalue weighted by Gasteiger charge is 2.33. The molecule has 2 aromatic carbocycles. The average molecular weight is 428 g/mol. The molecule has 9 heteroatoms. The van der Waals surface area contributed by atoms with E-state index in [0.717, 1.165) is 23.3 Å². The Kier molecular flexibility index (Phi) is 7.26. The largest absolute Gasteiger partial charge is 0.417 e. The first kappa shape index (κ1) is 22.7. The first-order valence-corrected chi connectivity index (χ1v) is 9.06. The number of amides is 2. The van der Waals surface area contributed by atoms with Crippen molar-refractivity contribution < 1.29 is 22.8 Å². The van der Waals surface area contributed by atoms with Crippen LogP contribution in [0.2, 0.25) is 5.02 Å². The molecule has 0 unspecified atom stereocenters. The van der Waals surface area contributed by atoms with Gasteiger partial charge in [-0.05, 0) is 56.3 Å². The molecule has 0 spiro atoms. The summed E-state index contributed by atoms with van der Waals surface area (Å²) < 4.78 is 38.7. The number of alkyl halides is 3. The molecule has 0 heterocycles. The molecular formula is C20H21ClF3N3O2. The van der Waals surface area contributed by atoms with E-state index in [1.807, 2.05) is 26.0 Å². The molecule has 29 heavy (non-hydrogen) atoms. The Morgan fingerprint density at radius 2 is 1.66 bits per heavy atom. The minimum Gasteiger partial charge on any atom is -0.325 e. The van der Waals surface area contributed by atoms with Crippen LogP contribution in [0.25, 0.3) is 0 Å². The smallest absolute Gasteiger partial charge is 0.325 e. The maximum absolute atomic E-state index is 12.9. The van der Waals surface area contributed by atoms with E-state index in [9.17, 15) is 22.8 Å². The van der Waals surface area contributed by atoms with Gasteiger partial charge in [-0.25, -0.2) is 0 Å². The summed E-state index contributed by atoms with van der Waals surface area (Å²) in [5.74, 6) is -0.859. The van der Waals surface area contributed by atoms with Gasteiger partial charge in [-0.15, -0.1) is 0 Å². The van der Waals surface area contributed by atoms with Gasteiger partial charge >= 0.3 is 6.18 Å². The molecule has 0 aliphatic heterocycles. The fourth-order valence-corrected chi connectivity index (χ4v) is 2.87. The van der Waals surface area contributed by atoms with E-state index in [2.05, 4.69) is 10.6 Å². The number of anilines is 2. The van der Waals surface area contributed by atoms with E-state index >= 15 is 0 Å². The minimum atomic E-state index is -4.62. The van der Waals surface area contributed by atoms with Crippen LogP contribution in [-0.4, -0.2) is 36.9 Å². The average Bonchev–Trinajstić information content (AvgIpc) is 2.59. The first-order valence-electron chi connectivity index (χ1n) is 8.68. The van der Waals surface area contributed by atoms with Gasteiger partial charge < -0.3 is 10.6 Å². The third kappa shape index (κ3) is 6.47. The molecule has 156 valence electrons. The van der Waals surface area contributed by atoms with Gasteiger partial charge in [0.15, 0.2) is 0 Å². The van der Waals surface area contributed by atoms with Gasteiger partial charge in [0.2, 0.25) is 11.8 Å². The number of hydrogen-bond acceptors (Lipinski definition) is 3. The second-order valence-corrected chi connectivity index (χ2v) is 7.12. The summed E-state index contributed by atoms with van der Waals surface area (Å²) in [7, 11) is 1.56. The topological polar surface area (TPSA) is 61.4 Å². The molecule has 0 aliphatic rings. The van der Waals surface area contributed by atoms with Crippen molar-refractivity contribution in [2.24, 2.45) is 0 Å². The molecule has 2 aromatic rings. The molecule has 5 nitrogen and oxygen atoms in total. The van der Waals surface area contributed by atoms with Crippen molar-refractivity contribution in [3.63, 3.8) is 0 Å². The van der Waals surface area contributed by atoms with E-state index < -0.39 is 22.7 Å². The van der Waals surface area contributed by atoms with Crippen LogP contribution in [0.1, 0.15) is 16.7 Å². The van der Waals surface area contributed by atoms with Gasteiger partial charge in [0.25, 0.3) is 0 Å². The van der Waals surface area contributed by atoms with Crippen molar-refractivity contribution in [3.05, 3.63) is 58.1 Å². The van der Waals surface area contributed by atoms with Crippen LogP contribution >= 0.6 is 11.6 Å². The predicted molar refractivity (Wildman–Crippen MR) is 107 cm³/mol. The molecule has 0 atom stereocenters. The quantitative estimate of drug-likeness (QED) is 0.714. The summed E-state index contributed by atoms with van der Waals surface area (Å²) in [6.07, 6.45) is -4.62. The van der Waals surface area contributed by atoms with Gasteiger partial charge in [0.1, 0.15) is 0 Å². The van der Waals surface area contributed by atoms with Crippen LogP contribution in [0.15, 0.2) is 36.4 Å². The third-order valence-electron chi connectivity index (χ3n) is 4.26. The number of halogens is 4. The Labute approximate surface area is 171 Å². The van der Waals surface area contributed by atoms with E-state index in [1.165, 1.54) is 11.0 Å².